The number of pyridine rings is 1. The second-order valence-electron chi connectivity index (χ2n) is 7.90. The van der Waals surface area contributed by atoms with Gasteiger partial charge in [-0.15, -0.1) is 0 Å². The molecule has 0 amide bonds. The molecule has 2 N–H and O–H groups in total. The summed E-state index contributed by atoms with van der Waals surface area (Å²) in [6.07, 6.45) is 5.96. The van der Waals surface area contributed by atoms with Crippen LogP contribution in [-0.4, -0.2) is 22.0 Å². The Bertz CT molecular complexity index is 1190. The van der Waals surface area contributed by atoms with Crippen LogP contribution >= 0.6 is 11.3 Å². The molecule has 4 aromatic rings. The fraction of sp³-hybridized carbons (Fsp3) is 0.292. The van der Waals surface area contributed by atoms with E-state index >= 15 is 0 Å². The SMILES string of the molecule is Cc1cc(N(C(N)=Nc2nc3ccccc3s2)C2CCCCC2)c2ccccc2n1. The van der Waals surface area contributed by atoms with Gasteiger partial charge < -0.3 is 10.6 Å². The van der Waals surface area contributed by atoms with E-state index in [0.717, 1.165) is 45.3 Å². The Balaban J connectivity index is 1.64. The smallest absolute Gasteiger partial charge is 0.213 e. The Morgan fingerprint density at radius 2 is 1.73 bits per heavy atom. The van der Waals surface area contributed by atoms with Gasteiger partial charge in [0, 0.05) is 17.1 Å². The highest BCUT2D eigenvalue weighted by atomic mass is 32.1. The van der Waals surface area contributed by atoms with E-state index in [9.17, 15) is 0 Å². The number of guanidine groups is 1. The maximum Gasteiger partial charge on any atom is 0.213 e. The molecule has 0 bridgehead atoms. The van der Waals surface area contributed by atoms with E-state index in [-0.39, 0.29) is 0 Å². The fourth-order valence-corrected chi connectivity index (χ4v) is 5.24. The molecule has 1 aliphatic carbocycles. The molecular formula is C24H25N5S. The van der Waals surface area contributed by atoms with Crippen LogP contribution in [0.5, 0.6) is 0 Å². The number of fused-ring (bicyclic) bond motifs is 2. The number of aromatic nitrogens is 2. The van der Waals surface area contributed by atoms with Gasteiger partial charge in [-0.3, -0.25) is 4.98 Å². The van der Waals surface area contributed by atoms with Crippen LogP contribution in [0.25, 0.3) is 21.1 Å². The molecule has 0 spiro atoms. The van der Waals surface area contributed by atoms with Crippen molar-refractivity contribution in [3.05, 3.63) is 60.3 Å². The summed E-state index contributed by atoms with van der Waals surface area (Å²) in [6, 6.07) is 18.9. The lowest BCUT2D eigenvalue weighted by Gasteiger charge is -2.35. The Kier molecular flexibility index (Phi) is 5.09. The Morgan fingerprint density at radius 1 is 1.00 bits per heavy atom. The topological polar surface area (TPSA) is 67.4 Å². The quantitative estimate of drug-likeness (QED) is 0.332. The second kappa shape index (κ2) is 8.03. The Morgan fingerprint density at radius 3 is 2.53 bits per heavy atom. The molecule has 1 fully saturated rings. The minimum absolute atomic E-state index is 0.335. The van der Waals surface area contributed by atoms with E-state index in [0.29, 0.717) is 17.1 Å². The molecule has 1 aliphatic rings. The van der Waals surface area contributed by atoms with Gasteiger partial charge in [0.05, 0.1) is 21.4 Å². The molecule has 6 heteroatoms. The van der Waals surface area contributed by atoms with Gasteiger partial charge in [0.2, 0.25) is 11.1 Å². The lowest BCUT2D eigenvalue weighted by Crippen LogP contribution is -2.46. The van der Waals surface area contributed by atoms with Crippen LogP contribution in [0.2, 0.25) is 0 Å². The third-order valence-electron chi connectivity index (χ3n) is 5.76. The molecular weight excluding hydrogens is 390 g/mol. The number of thiazole rings is 1. The molecule has 0 saturated heterocycles. The Labute approximate surface area is 180 Å². The number of aliphatic imine (C=N–C) groups is 1. The molecule has 30 heavy (non-hydrogen) atoms. The van der Waals surface area contributed by atoms with Gasteiger partial charge in [0.1, 0.15) is 0 Å². The van der Waals surface area contributed by atoms with Crippen molar-refractivity contribution in [3.63, 3.8) is 0 Å². The van der Waals surface area contributed by atoms with Crippen molar-refractivity contribution in [2.75, 3.05) is 4.90 Å². The average molecular weight is 416 g/mol. The number of para-hydroxylation sites is 2. The number of nitrogens with zero attached hydrogens (tertiary/aromatic N) is 4. The summed E-state index contributed by atoms with van der Waals surface area (Å²) >= 11 is 1.57. The minimum atomic E-state index is 0.335. The predicted octanol–water partition coefficient (Wildman–Crippen LogP) is 5.94. The first-order valence-electron chi connectivity index (χ1n) is 10.5. The van der Waals surface area contributed by atoms with E-state index < -0.39 is 0 Å². The predicted molar refractivity (Wildman–Crippen MR) is 127 cm³/mol. The lowest BCUT2D eigenvalue weighted by atomic mass is 9.93. The highest BCUT2D eigenvalue weighted by Gasteiger charge is 2.26. The van der Waals surface area contributed by atoms with Crippen molar-refractivity contribution in [1.29, 1.82) is 0 Å². The zero-order chi connectivity index (χ0) is 20.5. The summed E-state index contributed by atoms with van der Waals surface area (Å²) < 4.78 is 1.12. The van der Waals surface area contributed by atoms with Crippen LogP contribution in [0.15, 0.2) is 59.6 Å². The third kappa shape index (κ3) is 3.63. The maximum absolute atomic E-state index is 6.70. The maximum atomic E-state index is 6.70. The fourth-order valence-electron chi connectivity index (χ4n) is 4.39. The normalized spacial score (nSPS) is 15.7. The van der Waals surface area contributed by atoms with Crippen LogP contribution in [-0.2, 0) is 0 Å². The first-order valence-corrected chi connectivity index (χ1v) is 11.4. The van der Waals surface area contributed by atoms with Gasteiger partial charge in [0.25, 0.3) is 0 Å². The van der Waals surface area contributed by atoms with Gasteiger partial charge in [-0.25, -0.2) is 4.98 Å². The van der Waals surface area contributed by atoms with Crippen molar-refractivity contribution in [2.45, 2.75) is 45.1 Å². The van der Waals surface area contributed by atoms with E-state index in [1.807, 2.05) is 31.2 Å². The molecule has 152 valence electrons. The van der Waals surface area contributed by atoms with E-state index in [1.54, 1.807) is 11.3 Å². The monoisotopic (exact) mass is 415 g/mol. The largest absolute Gasteiger partial charge is 0.369 e. The number of hydrogen-bond donors (Lipinski definition) is 1. The molecule has 0 atom stereocenters. The number of nitrogens with two attached hydrogens (primary N) is 1. The molecule has 2 aromatic carbocycles. The first-order chi connectivity index (χ1) is 14.7. The second-order valence-corrected chi connectivity index (χ2v) is 8.91. The van der Waals surface area contributed by atoms with Crippen LogP contribution in [0.4, 0.5) is 10.8 Å². The minimum Gasteiger partial charge on any atom is -0.369 e. The molecule has 5 rings (SSSR count). The van der Waals surface area contributed by atoms with Crippen molar-refractivity contribution in [3.8, 4) is 0 Å². The van der Waals surface area contributed by atoms with Crippen LogP contribution in [0.1, 0.15) is 37.8 Å². The van der Waals surface area contributed by atoms with Crippen molar-refractivity contribution in [1.82, 2.24) is 9.97 Å². The lowest BCUT2D eigenvalue weighted by molar-refractivity contribution is 0.440. The van der Waals surface area contributed by atoms with Crippen molar-refractivity contribution in [2.24, 2.45) is 10.7 Å². The number of hydrogen-bond acceptors (Lipinski definition) is 4. The molecule has 0 unspecified atom stereocenters. The van der Waals surface area contributed by atoms with Gasteiger partial charge in [-0.2, -0.15) is 4.99 Å². The van der Waals surface area contributed by atoms with E-state index in [1.165, 1.54) is 19.3 Å². The van der Waals surface area contributed by atoms with Crippen molar-refractivity contribution >= 4 is 49.2 Å². The molecule has 5 nitrogen and oxygen atoms in total. The Hall–Kier alpha value is -2.99. The van der Waals surface area contributed by atoms with Crippen LogP contribution in [0, 0.1) is 6.92 Å². The summed E-state index contributed by atoms with van der Waals surface area (Å²) in [7, 11) is 0. The number of aryl methyl sites for hydroxylation is 1. The van der Waals surface area contributed by atoms with Gasteiger partial charge in [-0.05, 0) is 44.0 Å². The van der Waals surface area contributed by atoms with Crippen LogP contribution < -0.4 is 10.6 Å². The number of anilines is 1. The van der Waals surface area contributed by atoms with E-state index in [4.69, 9.17) is 15.7 Å². The third-order valence-corrected chi connectivity index (χ3v) is 6.69. The zero-order valence-corrected chi connectivity index (χ0v) is 17.9. The molecule has 2 heterocycles. The number of rotatable bonds is 3. The van der Waals surface area contributed by atoms with Gasteiger partial charge in [-0.1, -0.05) is 60.9 Å². The first kappa shape index (κ1) is 19.0. The summed E-state index contributed by atoms with van der Waals surface area (Å²) in [5.41, 5.74) is 10.7. The number of benzene rings is 2. The van der Waals surface area contributed by atoms with E-state index in [2.05, 4.69) is 40.2 Å². The summed E-state index contributed by atoms with van der Waals surface area (Å²) in [6.45, 7) is 2.04. The molecule has 1 saturated carbocycles. The van der Waals surface area contributed by atoms with Gasteiger partial charge >= 0.3 is 0 Å². The molecule has 0 radical (unpaired) electrons. The summed E-state index contributed by atoms with van der Waals surface area (Å²) in [5, 5.41) is 1.81. The highest BCUT2D eigenvalue weighted by Crippen LogP contribution is 2.34. The standard InChI is InChI=1S/C24H25N5S/c1-16-15-21(18-11-5-6-12-19(18)26-16)29(17-9-3-2-4-10-17)23(25)28-24-27-20-13-7-8-14-22(20)30-24/h5-8,11-15,17H,2-4,9-10H2,1H3,(H2,25,27,28). The zero-order valence-electron chi connectivity index (χ0n) is 17.1. The van der Waals surface area contributed by atoms with Crippen molar-refractivity contribution < 1.29 is 0 Å². The highest BCUT2D eigenvalue weighted by molar-refractivity contribution is 7.22. The summed E-state index contributed by atoms with van der Waals surface area (Å²) in [4.78, 5) is 16.4. The van der Waals surface area contributed by atoms with Crippen LogP contribution in [0.3, 0.4) is 0 Å². The molecule has 0 aliphatic heterocycles. The average Bonchev–Trinajstić information content (AvgIpc) is 3.17. The summed E-state index contributed by atoms with van der Waals surface area (Å²) in [5.74, 6) is 0.511. The molecule has 2 aromatic heterocycles. The van der Waals surface area contributed by atoms with Gasteiger partial charge in [0.15, 0.2) is 0 Å².